The van der Waals surface area contributed by atoms with Gasteiger partial charge in [-0.25, -0.2) is 4.79 Å². The predicted octanol–water partition coefficient (Wildman–Crippen LogP) is 3.57. The zero-order chi connectivity index (χ0) is 18.4. The Morgan fingerprint density at radius 1 is 1.08 bits per heavy atom. The van der Waals surface area contributed by atoms with Crippen LogP contribution in [-0.2, 0) is 22.3 Å². The maximum absolute atomic E-state index is 12.6. The van der Waals surface area contributed by atoms with E-state index in [1.165, 1.54) is 19.1 Å². The van der Waals surface area contributed by atoms with Crippen LogP contribution in [0.4, 0.5) is 13.2 Å². The number of alkyl halides is 3. The summed E-state index contributed by atoms with van der Waals surface area (Å²) in [4.78, 5) is 23.9. The number of hydrogen-bond acceptors (Lipinski definition) is 3. The number of halogens is 3. The van der Waals surface area contributed by atoms with Crippen LogP contribution < -0.4 is 5.32 Å². The molecule has 2 aromatic rings. The van der Waals surface area contributed by atoms with Gasteiger partial charge in [-0.2, -0.15) is 13.2 Å². The molecular weight excluding hydrogens is 335 g/mol. The molecule has 0 aliphatic heterocycles. The van der Waals surface area contributed by atoms with Gasteiger partial charge in [0.15, 0.2) is 0 Å². The molecule has 1 amide bonds. The van der Waals surface area contributed by atoms with E-state index >= 15 is 0 Å². The van der Waals surface area contributed by atoms with Crippen LogP contribution in [-0.4, -0.2) is 17.9 Å². The Balaban J connectivity index is 1.90. The van der Waals surface area contributed by atoms with Crippen LogP contribution in [0.25, 0.3) is 0 Å². The number of carbonyl (C=O) groups excluding carboxylic acids is 2. The molecule has 1 atom stereocenters. The number of ether oxygens (including phenoxy) is 1. The first-order chi connectivity index (χ1) is 11.8. The summed E-state index contributed by atoms with van der Waals surface area (Å²) in [5, 5.41) is 2.47. The largest absolute Gasteiger partial charge is 0.459 e. The fraction of sp³-hybridized carbons (Fsp3) is 0.222. The Kier molecular flexibility index (Phi) is 5.80. The lowest BCUT2D eigenvalue weighted by molar-refractivity contribution is -0.146. The van der Waals surface area contributed by atoms with Crippen LogP contribution in [0.2, 0.25) is 0 Å². The fourth-order valence-corrected chi connectivity index (χ4v) is 2.05. The third kappa shape index (κ3) is 5.34. The summed E-state index contributed by atoms with van der Waals surface area (Å²) in [5.74, 6) is -1.18. The topological polar surface area (TPSA) is 55.4 Å². The Labute approximate surface area is 142 Å². The van der Waals surface area contributed by atoms with E-state index in [-0.39, 0.29) is 12.2 Å². The quantitative estimate of drug-likeness (QED) is 0.838. The number of nitrogens with one attached hydrogen (secondary N) is 1. The second-order valence-electron chi connectivity index (χ2n) is 5.37. The van der Waals surface area contributed by atoms with Crippen LogP contribution in [0.5, 0.6) is 0 Å². The number of hydrogen-bond donors (Lipinski definition) is 1. The Morgan fingerprint density at radius 3 is 2.40 bits per heavy atom. The number of amides is 1. The maximum atomic E-state index is 12.6. The third-order valence-corrected chi connectivity index (χ3v) is 3.37. The van der Waals surface area contributed by atoms with Crippen molar-refractivity contribution < 1.29 is 27.5 Å². The van der Waals surface area contributed by atoms with Gasteiger partial charge >= 0.3 is 12.1 Å². The van der Waals surface area contributed by atoms with E-state index in [1.54, 1.807) is 30.3 Å². The van der Waals surface area contributed by atoms with Crippen molar-refractivity contribution in [3.05, 3.63) is 71.3 Å². The number of carbonyl (C=O) groups is 2. The van der Waals surface area contributed by atoms with Crippen molar-refractivity contribution >= 4 is 11.9 Å². The van der Waals surface area contributed by atoms with E-state index in [9.17, 15) is 22.8 Å². The molecular formula is C18H16F3NO3. The number of benzene rings is 2. The van der Waals surface area contributed by atoms with Crippen LogP contribution in [0.3, 0.4) is 0 Å². The minimum absolute atomic E-state index is 0.213. The first-order valence-electron chi connectivity index (χ1n) is 7.46. The van der Waals surface area contributed by atoms with Gasteiger partial charge in [-0.15, -0.1) is 0 Å². The second-order valence-corrected chi connectivity index (χ2v) is 5.37. The zero-order valence-electron chi connectivity index (χ0n) is 13.3. The summed E-state index contributed by atoms with van der Waals surface area (Å²) >= 11 is 0. The lowest BCUT2D eigenvalue weighted by Gasteiger charge is -2.14. The van der Waals surface area contributed by atoms with Crippen molar-refractivity contribution in [3.8, 4) is 0 Å². The number of esters is 1. The summed E-state index contributed by atoms with van der Waals surface area (Å²) in [6.07, 6.45) is -4.46. The van der Waals surface area contributed by atoms with Crippen molar-refractivity contribution in [1.82, 2.24) is 5.32 Å². The zero-order valence-corrected chi connectivity index (χ0v) is 13.3. The van der Waals surface area contributed by atoms with Gasteiger partial charge in [0, 0.05) is 5.56 Å². The highest BCUT2D eigenvalue weighted by Crippen LogP contribution is 2.29. The van der Waals surface area contributed by atoms with Crippen molar-refractivity contribution in [2.24, 2.45) is 0 Å². The summed E-state index contributed by atoms with van der Waals surface area (Å²) in [5.41, 5.74) is -0.212. The SMILES string of the molecule is C[C@@H](NC(=O)c1ccccc1)C(=O)OCc1cccc(C(F)(F)F)c1. The molecule has 0 heterocycles. The molecule has 0 unspecified atom stereocenters. The highest BCUT2D eigenvalue weighted by atomic mass is 19.4. The minimum Gasteiger partial charge on any atom is -0.459 e. The molecule has 0 spiro atoms. The van der Waals surface area contributed by atoms with Gasteiger partial charge in [0.1, 0.15) is 12.6 Å². The average Bonchev–Trinajstić information content (AvgIpc) is 2.59. The van der Waals surface area contributed by atoms with E-state index in [2.05, 4.69) is 5.32 Å². The summed E-state index contributed by atoms with van der Waals surface area (Å²) in [7, 11) is 0. The van der Waals surface area contributed by atoms with Crippen molar-refractivity contribution in [2.75, 3.05) is 0 Å². The van der Waals surface area contributed by atoms with Gasteiger partial charge in [0.2, 0.25) is 0 Å². The van der Waals surface area contributed by atoms with Crippen molar-refractivity contribution in [1.29, 1.82) is 0 Å². The van der Waals surface area contributed by atoms with Crippen molar-refractivity contribution in [2.45, 2.75) is 25.7 Å². The van der Waals surface area contributed by atoms with Gasteiger partial charge in [-0.3, -0.25) is 4.79 Å². The molecule has 0 bridgehead atoms. The van der Waals surface area contributed by atoms with Gasteiger partial charge in [0.05, 0.1) is 5.56 Å². The normalized spacial score (nSPS) is 12.3. The molecule has 1 N–H and O–H groups in total. The molecule has 132 valence electrons. The molecule has 0 radical (unpaired) electrons. The summed E-state index contributed by atoms with van der Waals surface area (Å²) in [6.45, 7) is 1.13. The fourth-order valence-electron chi connectivity index (χ4n) is 2.05. The van der Waals surface area contributed by atoms with Gasteiger partial charge in [-0.05, 0) is 36.8 Å². The molecule has 4 nitrogen and oxygen atoms in total. The van der Waals surface area contributed by atoms with Gasteiger partial charge in [-0.1, -0.05) is 30.3 Å². The minimum atomic E-state index is -4.46. The molecule has 2 aromatic carbocycles. The molecule has 2 rings (SSSR count). The van der Waals surface area contributed by atoms with E-state index < -0.39 is 29.7 Å². The smallest absolute Gasteiger partial charge is 0.416 e. The predicted molar refractivity (Wildman–Crippen MR) is 84.6 cm³/mol. The number of rotatable bonds is 5. The Morgan fingerprint density at radius 2 is 1.76 bits per heavy atom. The van der Waals surface area contributed by atoms with Crippen molar-refractivity contribution in [3.63, 3.8) is 0 Å². The monoisotopic (exact) mass is 351 g/mol. The van der Waals surface area contributed by atoms with Gasteiger partial charge in [0.25, 0.3) is 5.91 Å². The molecule has 0 fully saturated rings. The molecule has 0 saturated heterocycles. The molecule has 7 heteroatoms. The van der Waals surface area contributed by atoms with E-state index in [1.807, 2.05) is 0 Å². The van der Waals surface area contributed by atoms with E-state index in [0.717, 1.165) is 12.1 Å². The molecule has 0 aromatic heterocycles. The Hall–Kier alpha value is -2.83. The third-order valence-electron chi connectivity index (χ3n) is 3.37. The highest BCUT2D eigenvalue weighted by Gasteiger charge is 2.30. The van der Waals surface area contributed by atoms with Crippen LogP contribution in [0.1, 0.15) is 28.4 Å². The van der Waals surface area contributed by atoms with Crippen LogP contribution in [0.15, 0.2) is 54.6 Å². The first kappa shape index (κ1) is 18.5. The summed E-state index contributed by atoms with van der Waals surface area (Å²) in [6, 6.07) is 11.9. The molecule has 0 aliphatic carbocycles. The van der Waals surface area contributed by atoms with Gasteiger partial charge < -0.3 is 10.1 Å². The molecule has 0 aliphatic rings. The van der Waals surface area contributed by atoms with Crippen LogP contribution in [0, 0.1) is 0 Å². The lowest BCUT2D eigenvalue weighted by atomic mass is 10.1. The Bertz CT molecular complexity index is 745. The molecule has 25 heavy (non-hydrogen) atoms. The highest BCUT2D eigenvalue weighted by molar-refractivity contribution is 5.96. The lowest BCUT2D eigenvalue weighted by Crippen LogP contribution is -2.39. The maximum Gasteiger partial charge on any atom is 0.416 e. The second kappa shape index (κ2) is 7.83. The standard InChI is InChI=1S/C18H16F3NO3/c1-12(22-16(23)14-7-3-2-4-8-14)17(24)25-11-13-6-5-9-15(10-13)18(19,20)21/h2-10,12H,11H2,1H3,(H,22,23)/t12-/m1/s1. The summed E-state index contributed by atoms with van der Waals surface area (Å²) < 4.78 is 42.9. The van der Waals surface area contributed by atoms with Crippen LogP contribution >= 0.6 is 0 Å². The molecule has 0 saturated carbocycles. The van der Waals surface area contributed by atoms with E-state index in [4.69, 9.17) is 4.74 Å². The average molecular weight is 351 g/mol. The van der Waals surface area contributed by atoms with E-state index in [0.29, 0.717) is 5.56 Å². The first-order valence-corrected chi connectivity index (χ1v) is 7.46.